The molecule has 0 N–H and O–H groups in total. The van der Waals surface area contributed by atoms with E-state index in [-0.39, 0.29) is 17.6 Å². The molecule has 0 spiro atoms. The Morgan fingerprint density at radius 3 is 2.62 bits per heavy atom. The summed E-state index contributed by atoms with van der Waals surface area (Å²) in [6, 6.07) is 8.02. The van der Waals surface area contributed by atoms with Crippen molar-refractivity contribution < 1.29 is 9.53 Å². The van der Waals surface area contributed by atoms with Gasteiger partial charge in [-0.05, 0) is 61.6 Å². The minimum atomic E-state index is -0.551. The van der Waals surface area contributed by atoms with E-state index >= 15 is 0 Å². The molecule has 0 atom stereocenters. The van der Waals surface area contributed by atoms with Crippen molar-refractivity contribution >= 4 is 16.9 Å². The van der Waals surface area contributed by atoms with Crippen LogP contribution in [0.25, 0.3) is 22.0 Å². The summed E-state index contributed by atoms with van der Waals surface area (Å²) in [5.74, 6) is -0.551. The number of ether oxygens (including phenoxy) is 1. The second-order valence-electron chi connectivity index (χ2n) is 6.60. The minimum absolute atomic E-state index is 0.113. The van der Waals surface area contributed by atoms with Gasteiger partial charge in [-0.25, -0.2) is 4.79 Å². The van der Waals surface area contributed by atoms with E-state index in [1.807, 2.05) is 31.2 Å². The SMILES string of the molecule is CCOC(=O)c1cn(C2CC2)c2c(C)c(-c3ccncc3)ccc2c1=O. The van der Waals surface area contributed by atoms with E-state index in [1.165, 1.54) is 0 Å². The predicted octanol–water partition coefficient (Wildman–Crippen LogP) is 3.88. The third-order valence-electron chi connectivity index (χ3n) is 4.87. The first-order valence-corrected chi connectivity index (χ1v) is 8.87. The highest BCUT2D eigenvalue weighted by molar-refractivity contribution is 5.96. The highest BCUT2D eigenvalue weighted by Crippen LogP contribution is 2.39. The maximum atomic E-state index is 12.9. The van der Waals surface area contributed by atoms with Gasteiger partial charge in [-0.2, -0.15) is 0 Å². The molecule has 0 aliphatic heterocycles. The molecule has 2 heterocycles. The van der Waals surface area contributed by atoms with Crippen molar-refractivity contribution in [1.29, 1.82) is 0 Å². The summed E-state index contributed by atoms with van der Waals surface area (Å²) in [5, 5.41) is 0.567. The fraction of sp³-hybridized carbons (Fsp3) is 0.286. The number of hydrogen-bond acceptors (Lipinski definition) is 4. The molecule has 2 aromatic heterocycles. The van der Waals surface area contributed by atoms with Crippen molar-refractivity contribution in [3.8, 4) is 11.1 Å². The quantitative estimate of drug-likeness (QED) is 0.671. The van der Waals surface area contributed by atoms with Gasteiger partial charge in [0.25, 0.3) is 0 Å². The number of aryl methyl sites for hydroxylation is 1. The number of esters is 1. The molecule has 1 aliphatic rings. The van der Waals surface area contributed by atoms with Gasteiger partial charge in [-0.15, -0.1) is 0 Å². The van der Waals surface area contributed by atoms with Crippen LogP contribution in [0.4, 0.5) is 0 Å². The molecule has 1 aliphatic carbocycles. The van der Waals surface area contributed by atoms with Crippen LogP contribution < -0.4 is 5.43 Å². The fourth-order valence-electron chi connectivity index (χ4n) is 3.46. The molecule has 1 saturated carbocycles. The van der Waals surface area contributed by atoms with Crippen molar-refractivity contribution in [1.82, 2.24) is 9.55 Å². The summed E-state index contributed by atoms with van der Waals surface area (Å²) in [6.45, 7) is 4.02. The van der Waals surface area contributed by atoms with E-state index < -0.39 is 5.97 Å². The topological polar surface area (TPSA) is 61.2 Å². The zero-order valence-electron chi connectivity index (χ0n) is 14.9. The summed E-state index contributed by atoms with van der Waals surface area (Å²) in [4.78, 5) is 29.2. The molecule has 0 radical (unpaired) electrons. The number of hydrogen-bond donors (Lipinski definition) is 0. The predicted molar refractivity (Wildman–Crippen MR) is 100 cm³/mol. The normalized spacial score (nSPS) is 13.8. The first kappa shape index (κ1) is 16.5. The van der Waals surface area contributed by atoms with Crippen LogP contribution in [0, 0.1) is 6.92 Å². The number of fused-ring (bicyclic) bond motifs is 1. The summed E-state index contributed by atoms with van der Waals surface area (Å²) in [5.41, 5.74) is 3.91. The monoisotopic (exact) mass is 348 g/mol. The highest BCUT2D eigenvalue weighted by atomic mass is 16.5. The maximum absolute atomic E-state index is 12.9. The van der Waals surface area contributed by atoms with Crippen LogP contribution in [0.5, 0.6) is 0 Å². The molecular formula is C21H20N2O3. The minimum Gasteiger partial charge on any atom is -0.462 e. The molecule has 0 amide bonds. The summed E-state index contributed by atoms with van der Waals surface area (Å²) < 4.78 is 7.16. The Morgan fingerprint density at radius 1 is 1.23 bits per heavy atom. The van der Waals surface area contributed by atoms with Crippen molar-refractivity contribution in [3.05, 3.63) is 64.2 Å². The zero-order chi connectivity index (χ0) is 18.3. The van der Waals surface area contributed by atoms with E-state index in [1.54, 1.807) is 25.5 Å². The average Bonchev–Trinajstić information content (AvgIpc) is 3.48. The molecule has 0 unspecified atom stereocenters. The maximum Gasteiger partial charge on any atom is 0.343 e. The number of aromatic nitrogens is 2. The third-order valence-corrected chi connectivity index (χ3v) is 4.87. The summed E-state index contributed by atoms with van der Waals surface area (Å²) in [6.07, 6.45) is 7.32. The number of pyridine rings is 2. The van der Waals surface area contributed by atoms with Crippen LogP contribution in [-0.2, 0) is 4.74 Å². The lowest BCUT2D eigenvalue weighted by atomic mass is 9.97. The second kappa shape index (κ2) is 6.41. The first-order chi connectivity index (χ1) is 12.6. The Labute approximate surface area is 151 Å². The van der Waals surface area contributed by atoms with Gasteiger partial charge in [-0.1, -0.05) is 6.07 Å². The highest BCUT2D eigenvalue weighted by Gasteiger charge is 2.28. The van der Waals surface area contributed by atoms with Crippen LogP contribution in [0.3, 0.4) is 0 Å². The summed E-state index contributed by atoms with van der Waals surface area (Å²) in [7, 11) is 0. The molecule has 5 heteroatoms. The largest absolute Gasteiger partial charge is 0.462 e. The third kappa shape index (κ3) is 2.69. The van der Waals surface area contributed by atoms with E-state index in [0.29, 0.717) is 11.4 Å². The molecule has 132 valence electrons. The van der Waals surface area contributed by atoms with Gasteiger partial charge in [0.2, 0.25) is 5.43 Å². The molecule has 0 bridgehead atoms. The molecule has 1 fully saturated rings. The van der Waals surface area contributed by atoms with Gasteiger partial charge < -0.3 is 9.30 Å². The van der Waals surface area contributed by atoms with Crippen LogP contribution in [0.15, 0.2) is 47.7 Å². The van der Waals surface area contributed by atoms with E-state index in [2.05, 4.69) is 9.55 Å². The fourth-order valence-corrected chi connectivity index (χ4v) is 3.46. The van der Waals surface area contributed by atoms with Gasteiger partial charge in [-0.3, -0.25) is 9.78 Å². The van der Waals surface area contributed by atoms with Crippen molar-refractivity contribution in [2.45, 2.75) is 32.7 Å². The Balaban J connectivity index is 2.00. The van der Waals surface area contributed by atoms with Crippen LogP contribution in [0.1, 0.15) is 41.7 Å². The van der Waals surface area contributed by atoms with E-state index in [4.69, 9.17) is 4.74 Å². The average molecular weight is 348 g/mol. The lowest BCUT2D eigenvalue weighted by Gasteiger charge is -2.17. The smallest absolute Gasteiger partial charge is 0.343 e. The number of carbonyl (C=O) groups is 1. The van der Waals surface area contributed by atoms with Gasteiger partial charge >= 0.3 is 5.97 Å². The number of carbonyl (C=O) groups excluding carboxylic acids is 1. The summed E-state index contributed by atoms with van der Waals surface area (Å²) >= 11 is 0. The van der Waals surface area contributed by atoms with Crippen LogP contribution in [0.2, 0.25) is 0 Å². The molecule has 26 heavy (non-hydrogen) atoms. The van der Waals surface area contributed by atoms with Gasteiger partial charge in [0, 0.05) is 30.0 Å². The van der Waals surface area contributed by atoms with Gasteiger partial charge in [0.05, 0.1) is 12.1 Å². The van der Waals surface area contributed by atoms with Crippen molar-refractivity contribution in [2.75, 3.05) is 6.61 Å². The lowest BCUT2D eigenvalue weighted by Crippen LogP contribution is -2.21. The Kier molecular flexibility index (Phi) is 4.07. The second-order valence-corrected chi connectivity index (χ2v) is 6.60. The number of benzene rings is 1. The molecule has 0 saturated heterocycles. The van der Waals surface area contributed by atoms with E-state index in [9.17, 15) is 9.59 Å². The number of nitrogens with zero attached hydrogens (tertiary/aromatic N) is 2. The molecule has 4 rings (SSSR count). The van der Waals surface area contributed by atoms with Gasteiger partial charge in [0.15, 0.2) is 0 Å². The first-order valence-electron chi connectivity index (χ1n) is 8.87. The van der Waals surface area contributed by atoms with Crippen molar-refractivity contribution in [2.24, 2.45) is 0 Å². The number of rotatable bonds is 4. The van der Waals surface area contributed by atoms with Crippen molar-refractivity contribution in [3.63, 3.8) is 0 Å². The van der Waals surface area contributed by atoms with Crippen LogP contribution in [-0.4, -0.2) is 22.1 Å². The standard InChI is InChI=1S/C21H20N2O3/c1-3-26-21(25)18-12-23(15-4-5-15)19-13(2)16(6-7-17(19)20(18)24)14-8-10-22-11-9-14/h6-12,15H,3-5H2,1-2H3. The Bertz CT molecular complexity index is 1050. The Hall–Kier alpha value is -2.95. The molecule has 3 aromatic rings. The molecular weight excluding hydrogens is 328 g/mol. The van der Waals surface area contributed by atoms with E-state index in [0.717, 1.165) is 35.0 Å². The molecule has 5 nitrogen and oxygen atoms in total. The van der Waals surface area contributed by atoms with Gasteiger partial charge in [0.1, 0.15) is 5.56 Å². The Morgan fingerprint density at radius 2 is 1.96 bits per heavy atom. The zero-order valence-corrected chi connectivity index (χ0v) is 14.9. The lowest BCUT2D eigenvalue weighted by molar-refractivity contribution is 0.0524. The molecule has 1 aromatic carbocycles. The van der Waals surface area contributed by atoms with Crippen LogP contribution >= 0.6 is 0 Å².